The highest BCUT2D eigenvalue weighted by molar-refractivity contribution is 7.17. The van der Waals surface area contributed by atoms with Crippen molar-refractivity contribution >= 4 is 27.5 Å². The zero-order valence-corrected chi connectivity index (χ0v) is 14.0. The Kier molecular flexibility index (Phi) is 4.44. The van der Waals surface area contributed by atoms with Crippen molar-refractivity contribution in [2.45, 2.75) is 26.5 Å². The molecular weight excluding hydrogens is 331 g/mol. The van der Waals surface area contributed by atoms with Crippen molar-refractivity contribution < 1.29 is 13.9 Å². The zero-order chi connectivity index (χ0) is 17.3. The first-order chi connectivity index (χ1) is 11.5. The van der Waals surface area contributed by atoms with Crippen LogP contribution < -0.4 is 5.56 Å². The average Bonchev–Trinajstić information content (AvgIpc) is 2.95. The number of ether oxygens (including phenoxy) is 1. The number of carbonyl (C=O) groups is 1. The van der Waals surface area contributed by atoms with E-state index in [1.165, 1.54) is 34.4 Å². The molecule has 0 aliphatic rings. The van der Waals surface area contributed by atoms with Gasteiger partial charge < -0.3 is 4.74 Å². The summed E-state index contributed by atoms with van der Waals surface area (Å²) in [5.41, 5.74) is 1.81. The number of nitrogens with zero attached hydrogens (tertiary/aromatic N) is 2. The normalized spacial score (nSPS) is 11.2. The molecule has 2 heterocycles. The van der Waals surface area contributed by atoms with Crippen molar-refractivity contribution in [3.05, 3.63) is 52.1 Å². The van der Waals surface area contributed by atoms with E-state index in [9.17, 15) is 14.0 Å². The summed E-state index contributed by atoms with van der Waals surface area (Å²) in [4.78, 5) is 28.5. The molecular formula is C17H15FN2O3S. The molecule has 5 nitrogen and oxygen atoms in total. The summed E-state index contributed by atoms with van der Waals surface area (Å²) in [6.45, 7) is 3.32. The van der Waals surface area contributed by atoms with Gasteiger partial charge in [-0.15, -0.1) is 11.3 Å². The number of fused-ring (bicyclic) bond motifs is 1. The fourth-order valence-corrected chi connectivity index (χ4v) is 3.30. The molecule has 0 bridgehead atoms. The predicted octanol–water partition coefficient (Wildman–Crippen LogP) is 3.22. The lowest BCUT2D eigenvalue weighted by Crippen LogP contribution is -2.26. The first-order valence-corrected chi connectivity index (χ1v) is 8.25. The molecule has 0 aliphatic carbocycles. The van der Waals surface area contributed by atoms with Gasteiger partial charge in [0.25, 0.3) is 5.56 Å². The largest absolute Gasteiger partial charge is 0.462 e. The third-order valence-corrected chi connectivity index (χ3v) is 4.33. The van der Waals surface area contributed by atoms with E-state index >= 15 is 0 Å². The van der Waals surface area contributed by atoms with E-state index in [2.05, 4.69) is 4.98 Å². The summed E-state index contributed by atoms with van der Waals surface area (Å²) in [7, 11) is 0. The summed E-state index contributed by atoms with van der Waals surface area (Å²) in [6.07, 6.45) is 1.10. The number of hydrogen-bond donors (Lipinski definition) is 0. The van der Waals surface area contributed by atoms with E-state index in [1.807, 2.05) is 5.38 Å². The van der Waals surface area contributed by atoms with Crippen molar-refractivity contribution in [2.75, 3.05) is 0 Å². The first kappa shape index (κ1) is 16.3. The lowest BCUT2D eigenvalue weighted by Gasteiger charge is -2.09. The topological polar surface area (TPSA) is 61.2 Å². The molecule has 0 N–H and O–H groups in total. The molecule has 0 saturated carbocycles. The van der Waals surface area contributed by atoms with Gasteiger partial charge in [-0.3, -0.25) is 14.2 Å². The van der Waals surface area contributed by atoms with E-state index in [1.54, 1.807) is 26.0 Å². The van der Waals surface area contributed by atoms with E-state index in [4.69, 9.17) is 4.74 Å². The molecule has 3 aromatic rings. The molecule has 1 aromatic carbocycles. The highest BCUT2D eigenvalue weighted by atomic mass is 32.1. The fraction of sp³-hybridized carbons (Fsp3) is 0.235. The molecule has 0 unspecified atom stereocenters. The first-order valence-electron chi connectivity index (χ1n) is 7.38. The maximum absolute atomic E-state index is 13.1. The lowest BCUT2D eigenvalue weighted by atomic mass is 10.1. The van der Waals surface area contributed by atoms with Crippen LogP contribution in [-0.4, -0.2) is 21.6 Å². The van der Waals surface area contributed by atoms with Crippen LogP contribution in [0.5, 0.6) is 0 Å². The van der Waals surface area contributed by atoms with Crippen molar-refractivity contribution in [2.24, 2.45) is 0 Å². The summed E-state index contributed by atoms with van der Waals surface area (Å²) in [5.74, 6) is -0.805. The molecule has 0 fully saturated rings. The van der Waals surface area contributed by atoms with Gasteiger partial charge in [0.1, 0.15) is 17.1 Å². The second-order valence-electron chi connectivity index (χ2n) is 5.55. The summed E-state index contributed by atoms with van der Waals surface area (Å²) in [5, 5.41) is 1.81. The molecule has 3 rings (SSSR count). The second kappa shape index (κ2) is 6.52. The van der Waals surface area contributed by atoms with Gasteiger partial charge in [0, 0.05) is 10.9 Å². The van der Waals surface area contributed by atoms with Crippen molar-refractivity contribution in [3.8, 4) is 11.1 Å². The van der Waals surface area contributed by atoms with E-state index in [0.717, 1.165) is 11.1 Å². The van der Waals surface area contributed by atoms with Crippen LogP contribution in [-0.2, 0) is 16.1 Å². The van der Waals surface area contributed by atoms with Gasteiger partial charge in [-0.2, -0.15) is 0 Å². The Morgan fingerprint density at radius 3 is 2.71 bits per heavy atom. The Balaban J connectivity index is 1.98. The summed E-state index contributed by atoms with van der Waals surface area (Å²) >= 11 is 1.25. The number of halogens is 1. The number of benzene rings is 1. The van der Waals surface area contributed by atoms with Crippen LogP contribution in [0.2, 0.25) is 0 Å². The van der Waals surface area contributed by atoms with E-state index < -0.39 is 5.97 Å². The van der Waals surface area contributed by atoms with Crippen LogP contribution >= 0.6 is 11.3 Å². The van der Waals surface area contributed by atoms with Gasteiger partial charge in [0.05, 0.1) is 17.9 Å². The monoisotopic (exact) mass is 346 g/mol. The molecule has 0 aliphatic heterocycles. The predicted molar refractivity (Wildman–Crippen MR) is 90.5 cm³/mol. The smallest absolute Gasteiger partial charge is 0.326 e. The summed E-state index contributed by atoms with van der Waals surface area (Å²) < 4.78 is 19.8. The molecule has 124 valence electrons. The van der Waals surface area contributed by atoms with Gasteiger partial charge in [0.15, 0.2) is 0 Å². The molecule has 0 saturated heterocycles. The van der Waals surface area contributed by atoms with Crippen molar-refractivity contribution in [3.63, 3.8) is 0 Å². The van der Waals surface area contributed by atoms with E-state index in [-0.39, 0.29) is 24.0 Å². The molecule has 0 spiro atoms. The highest BCUT2D eigenvalue weighted by Gasteiger charge is 2.15. The van der Waals surface area contributed by atoms with Gasteiger partial charge >= 0.3 is 5.97 Å². The van der Waals surface area contributed by atoms with Gasteiger partial charge in [-0.1, -0.05) is 12.1 Å². The third kappa shape index (κ3) is 3.21. The Bertz CT molecular complexity index is 945. The molecule has 0 atom stereocenters. The molecule has 7 heteroatoms. The Morgan fingerprint density at radius 1 is 1.33 bits per heavy atom. The molecule has 2 aromatic heterocycles. The van der Waals surface area contributed by atoms with Crippen LogP contribution in [0, 0.1) is 5.82 Å². The minimum Gasteiger partial charge on any atom is -0.462 e. The zero-order valence-electron chi connectivity index (χ0n) is 13.2. The standard InChI is InChI=1S/C17H15FN2O3S/c1-10(2)23-14(21)7-20-9-19-15-13(8-24-16(15)17(20)22)11-3-5-12(18)6-4-11/h3-6,8-10H,7H2,1-2H3. The SMILES string of the molecule is CC(C)OC(=O)Cn1cnc2c(-c3ccc(F)cc3)csc2c1=O. The number of hydrogen-bond acceptors (Lipinski definition) is 5. The Hall–Kier alpha value is -2.54. The van der Waals surface area contributed by atoms with Gasteiger partial charge in [-0.25, -0.2) is 9.37 Å². The number of aromatic nitrogens is 2. The third-order valence-electron chi connectivity index (χ3n) is 3.37. The van der Waals surface area contributed by atoms with Crippen LogP contribution in [0.25, 0.3) is 21.3 Å². The number of carbonyl (C=O) groups excluding carboxylic acids is 1. The van der Waals surface area contributed by atoms with Crippen molar-refractivity contribution in [1.29, 1.82) is 0 Å². The van der Waals surface area contributed by atoms with Crippen LogP contribution in [0.15, 0.2) is 40.8 Å². The van der Waals surface area contributed by atoms with Crippen LogP contribution in [0.4, 0.5) is 4.39 Å². The molecule has 0 amide bonds. The fourth-order valence-electron chi connectivity index (χ4n) is 2.33. The maximum atomic E-state index is 13.1. The number of esters is 1. The number of rotatable bonds is 4. The molecule has 24 heavy (non-hydrogen) atoms. The second-order valence-corrected chi connectivity index (χ2v) is 6.43. The molecule has 0 radical (unpaired) electrons. The average molecular weight is 346 g/mol. The van der Waals surface area contributed by atoms with E-state index in [0.29, 0.717) is 10.2 Å². The summed E-state index contributed by atoms with van der Waals surface area (Å²) in [6, 6.07) is 6.01. The Morgan fingerprint density at radius 2 is 2.04 bits per heavy atom. The highest BCUT2D eigenvalue weighted by Crippen LogP contribution is 2.30. The van der Waals surface area contributed by atoms with Crippen LogP contribution in [0.3, 0.4) is 0 Å². The lowest BCUT2D eigenvalue weighted by molar-refractivity contribution is -0.148. The van der Waals surface area contributed by atoms with Gasteiger partial charge in [0.2, 0.25) is 0 Å². The van der Waals surface area contributed by atoms with Gasteiger partial charge in [-0.05, 0) is 31.5 Å². The Labute approximate surface area is 141 Å². The number of thiophene rings is 1. The van der Waals surface area contributed by atoms with Crippen molar-refractivity contribution in [1.82, 2.24) is 9.55 Å². The minimum atomic E-state index is -0.483. The maximum Gasteiger partial charge on any atom is 0.326 e. The quantitative estimate of drug-likeness (QED) is 0.681. The van der Waals surface area contributed by atoms with Crippen LogP contribution in [0.1, 0.15) is 13.8 Å². The minimum absolute atomic E-state index is 0.177.